The van der Waals surface area contributed by atoms with Crippen molar-refractivity contribution < 1.29 is 14.7 Å². The average Bonchev–Trinajstić information content (AvgIpc) is 3.13. The number of aliphatic carboxylic acids is 1. The molecule has 1 unspecified atom stereocenters. The van der Waals surface area contributed by atoms with E-state index >= 15 is 0 Å². The number of carboxylic acids is 1. The Balaban J connectivity index is 2.01. The van der Waals surface area contributed by atoms with Crippen molar-refractivity contribution >= 4 is 35.0 Å². The van der Waals surface area contributed by atoms with Crippen molar-refractivity contribution in [2.45, 2.75) is 47.0 Å². The number of carboxylic acid groups (broad SMARTS) is 1. The Kier molecular flexibility index (Phi) is 6.35. The van der Waals surface area contributed by atoms with Gasteiger partial charge in [-0.15, -0.1) is 0 Å². The molecular weight excluding hydrogens is 409 g/mol. The van der Waals surface area contributed by atoms with Gasteiger partial charge in [-0.2, -0.15) is 0 Å². The molecule has 0 bridgehead atoms. The maximum Gasteiger partial charge on any atom is 0.306 e. The molecule has 2 N–H and O–H groups in total. The van der Waals surface area contributed by atoms with E-state index in [2.05, 4.69) is 37.1 Å². The number of carbonyl (C=O) groups is 2. The summed E-state index contributed by atoms with van der Waals surface area (Å²) in [5, 5.41) is 9.86. The van der Waals surface area contributed by atoms with Crippen LogP contribution >= 0.6 is 23.2 Å². The summed E-state index contributed by atoms with van der Waals surface area (Å²) >= 11 is 12.2. The number of halogens is 2. The number of hydrogen-bond donors (Lipinski definition) is 2. The second kappa shape index (κ2) is 8.31. The van der Waals surface area contributed by atoms with Crippen molar-refractivity contribution in [3.05, 3.63) is 45.7 Å². The fourth-order valence-corrected chi connectivity index (χ4v) is 5.64. The number of H-pyrrole nitrogens is 1. The van der Waals surface area contributed by atoms with Crippen LogP contribution in [0.15, 0.2) is 29.9 Å². The Labute approximate surface area is 182 Å². The van der Waals surface area contributed by atoms with Gasteiger partial charge in [0.2, 0.25) is 0 Å². The smallest absolute Gasteiger partial charge is 0.306 e. The van der Waals surface area contributed by atoms with Gasteiger partial charge in [-0.3, -0.25) is 9.59 Å². The molecule has 1 aromatic rings. The molecule has 29 heavy (non-hydrogen) atoms. The van der Waals surface area contributed by atoms with Gasteiger partial charge < -0.3 is 10.1 Å². The summed E-state index contributed by atoms with van der Waals surface area (Å²) in [4.78, 5) is 27.8. The first-order valence-electron chi connectivity index (χ1n) is 10.2. The van der Waals surface area contributed by atoms with Crippen LogP contribution in [0.1, 0.15) is 57.4 Å². The summed E-state index contributed by atoms with van der Waals surface area (Å²) in [5.74, 6) is -0.831. The Morgan fingerprint density at radius 1 is 1.34 bits per heavy atom. The summed E-state index contributed by atoms with van der Waals surface area (Å²) in [6, 6.07) is 1.61. The first-order chi connectivity index (χ1) is 13.6. The van der Waals surface area contributed by atoms with Crippen LogP contribution in [0.5, 0.6) is 0 Å². The number of nitrogens with one attached hydrogen (secondary N) is 1. The fourth-order valence-electron chi connectivity index (χ4n) is 5.33. The Hall–Kier alpha value is -1.52. The third kappa shape index (κ3) is 4.06. The van der Waals surface area contributed by atoms with Crippen LogP contribution in [-0.2, 0) is 4.79 Å². The van der Waals surface area contributed by atoms with Crippen LogP contribution in [0, 0.1) is 35.0 Å². The minimum absolute atomic E-state index is 0.0183. The molecule has 6 heteroatoms. The Bertz CT molecular complexity index is 852. The van der Waals surface area contributed by atoms with Crippen molar-refractivity contribution in [3.63, 3.8) is 0 Å². The molecule has 1 aromatic heterocycles. The second-order valence-electron chi connectivity index (χ2n) is 9.06. The van der Waals surface area contributed by atoms with Crippen molar-refractivity contribution in [1.82, 2.24) is 4.98 Å². The van der Waals surface area contributed by atoms with Crippen LogP contribution in [-0.4, -0.2) is 21.8 Å². The van der Waals surface area contributed by atoms with Gasteiger partial charge in [0, 0.05) is 11.8 Å². The molecule has 6 atom stereocenters. The standard InChI is InChI=1S/C23H29Cl2NO3/c1-12(9-13(2)22(28)29)10-15-6-8-16-7-5-14(3)23(16,4)19(15)20(27)18-11-17(24)21(25)26-18/h6,8,10-11,13-16,19,26H,5,7,9H2,1-4H3,(H,28,29)/b12-10+/t13-,14+,15+,16+,19?,23-/m1/s1. The van der Waals surface area contributed by atoms with Gasteiger partial charge in [-0.05, 0) is 49.5 Å². The molecule has 0 spiro atoms. The first kappa shape index (κ1) is 22.2. The number of aromatic amines is 1. The molecule has 2 aliphatic rings. The SMILES string of the molecule is C/C(=C\[C@@H]1C=C[C@@H]2CC[C@H](C)[C@@]2(C)C1C(=O)c1cc(Cl)c(Cl)[nH]1)C[C@@H](C)C(=O)O. The van der Waals surface area contributed by atoms with E-state index in [1.165, 1.54) is 0 Å². The van der Waals surface area contributed by atoms with Crippen LogP contribution in [0.3, 0.4) is 0 Å². The molecule has 0 radical (unpaired) electrons. The summed E-state index contributed by atoms with van der Waals surface area (Å²) in [6.45, 7) is 8.11. The lowest BCUT2D eigenvalue weighted by Crippen LogP contribution is -2.45. The van der Waals surface area contributed by atoms with Crippen LogP contribution in [0.4, 0.5) is 0 Å². The lowest BCUT2D eigenvalue weighted by Gasteiger charge is -2.46. The number of fused-ring (bicyclic) bond motifs is 1. The first-order valence-corrected chi connectivity index (χ1v) is 11.0. The molecular formula is C23H29Cl2NO3. The highest BCUT2D eigenvalue weighted by Crippen LogP contribution is 2.58. The number of allylic oxidation sites excluding steroid dienone is 4. The zero-order valence-electron chi connectivity index (χ0n) is 17.3. The third-order valence-corrected chi connectivity index (χ3v) is 7.88. The highest BCUT2D eigenvalue weighted by atomic mass is 35.5. The largest absolute Gasteiger partial charge is 0.481 e. The maximum absolute atomic E-state index is 13.7. The van der Waals surface area contributed by atoms with E-state index in [9.17, 15) is 14.7 Å². The molecule has 0 aliphatic heterocycles. The normalized spacial score (nSPS) is 32.8. The van der Waals surface area contributed by atoms with E-state index in [0.717, 1.165) is 18.4 Å². The van der Waals surface area contributed by atoms with Gasteiger partial charge in [-0.25, -0.2) is 0 Å². The zero-order valence-corrected chi connectivity index (χ0v) is 18.8. The van der Waals surface area contributed by atoms with Gasteiger partial charge in [0.25, 0.3) is 0 Å². The van der Waals surface area contributed by atoms with Crippen molar-refractivity contribution in [3.8, 4) is 0 Å². The molecule has 0 saturated heterocycles. The van der Waals surface area contributed by atoms with E-state index in [1.54, 1.807) is 13.0 Å². The molecule has 2 aliphatic carbocycles. The Morgan fingerprint density at radius 3 is 2.62 bits per heavy atom. The highest BCUT2D eigenvalue weighted by molar-refractivity contribution is 6.41. The van der Waals surface area contributed by atoms with Gasteiger partial charge in [0.05, 0.1) is 16.6 Å². The molecule has 158 valence electrons. The molecule has 3 rings (SSSR count). The number of aromatic nitrogens is 1. The van der Waals surface area contributed by atoms with E-state index in [4.69, 9.17) is 23.2 Å². The van der Waals surface area contributed by atoms with Crippen LogP contribution in [0.25, 0.3) is 0 Å². The Morgan fingerprint density at radius 2 is 2.03 bits per heavy atom. The van der Waals surface area contributed by atoms with Crippen molar-refractivity contribution in [2.24, 2.45) is 35.0 Å². The minimum atomic E-state index is -0.809. The second-order valence-corrected chi connectivity index (χ2v) is 9.84. The molecule has 4 nitrogen and oxygen atoms in total. The number of rotatable bonds is 6. The topological polar surface area (TPSA) is 70.2 Å². The highest BCUT2D eigenvalue weighted by Gasteiger charge is 2.54. The summed E-state index contributed by atoms with van der Waals surface area (Å²) in [7, 11) is 0. The molecule has 0 amide bonds. The van der Waals surface area contributed by atoms with Gasteiger partial charge in [0.1, 0.15) is 5.15 Å². The molecule has 1 fully saturated rings. The zero-order chi connectivity index (χ0) is 21.5. The third-order valence-electron chi connectivity index (χ3n) is 7.19. The van der Waals surface area contributed by atoms with Crippen molar-refractivity contribution in [2.75, 3.05) is 0 Å². The number of ketones is 1. The van der Waals surface area contributed by atoms with Gasteiger partial charge in [-0.1, -0.05) is 67.8 Å². The van der Waals surface area contributed by atoms with Gasteiger partial charge >= 0.3 is 5.97 Å². The van der Waals surface area contributed by atoms with Gasteiger partial charge in [0.15, 0.2) is 5.78 Å². The van der Waals surface area contributed by atoms with E-state index in [1.807, 2.05) is 6.92 Å². The number of carbonyl (C=O) groups excluding carboxylic acids is 1. The predicted molar refractivity (Wildman–Crippen MR) is 116 cm³/mol. The number of Topliss-reactive ketones (excluding diaryl/α,β-unsaturated/α-hetero) is 1. The van der Waals surface area contributed by atoms with E-state index in [0.29, 0.717) is 29.0 Å². The predicted octanol–water partition coefficient (Wildman–Crippen LogP) is 6.42. The summed E-state index contributed by atoms with van der Waals surface area (Å²) in [5.41, 5.74) is 1.26. The van der Waals surface area contributed by atoms with Crippen LogP contribution < -0.4 is 0 Å². The lowest BCUT2D eigenvalue weighted by molar-refractivity contribution is -0.141. The summed E-state index contributed by atoms with van der Waals surface area (Å²) in [6.07, 6.45) is 9.11. The van der Waals surface area contributed by atoms with Crippen molar-refractivity contribution in [1.29, 1.82) is 0 Å². The number of hydrogen-bond acceptors (Lipinski definition) is 2. The quantitative estimate of drug-likeness (QED) is 0.398. The van der Waals surface area contributed by atoms with E-state index < -0.39 is 11.9 Å². The minimum Gasteiger partial charge on any atom is -0.481 e. The molecule has 0 aromatic carbocycles. The van der Waals surface area contributed by atoms with E-state index in [-0.39, 0.29) is 28.2 Å². The fraction of sp³-hybridized carbons (Fsp3) is 0.565. The molecule has 1 heterocycles. The molecule has 1 saturated carbocycles. The summed E-state index contributed by atoms with van der Waals surface area (Å²) < 4.78 is 0. The maximum atomic E-state index is 13.7. The average molecular weight is 438 g/mol. The van der Waals surface area contributed by atoms with Crippen LogP contribution in [0.2, 0.25) is 10.2 Å². The monoisotopic (exact) mass is 437 g/mol. The lowest BCUT2D eigenvalue weighted by atomic mass is 9.56.